The molecule has 0 radical (unpaired) electrons. The van der Waals surface area contributed by atoms with Gasteiger partial charge in [0, 0.05) is 41.5 Å². The van der Waals surface area contributed by atoms with E-state index < -0.39 is 5.54 Å². The standard InChI is InChI=1S/C24H26Cl3N3O2/c1-24(10-6-5-7-21(24)32-12-11-29(2)3)30(4)23(31)16-8-9-19(25)17(13-16)18-15-28-22(27)14-20(18)26/h5-9,13-15H,10-12H2,1-4H3. The number of halogens is 3. The molecule has 0 fully saturated rings. The summed E-state index contributed by atoms with van der Waals surface area (Å²) in [6, 6.07) is 6.68. The molecule has 1 unspecified atom stereocenters. The summed E-state index contributed by atoms with van der Waals surface area (Å²) in [6.07, 6.45) is 8.12. The maximum atomic E-state index is 13.5. The second-order valence-electron chi connectivity index (χ2n) is 8.13. The Morgan fingerprint density at radius 2 is 1.88 bits per heavy atom. The SMILES string of the molecule is CN(C)CCOC1=CC=CCC1(C)N(C)C(=O)c1ccc(Cl)c(-c2cnc(Cl)cc2Cl)c1. The summed E-state index contributed by atoms with van der Waals surface area (Å²) < 4.78 is 6.07. The molecule has 3 rings (SSSR count). The van der Waals surface area contributed by atoms with E-state index in [1.165, 1.54) is 0 Å². The lowest BCUT2D eigenvalue weighted by atomic mass is 9.88. The van der Waals surface area contributed by atoms with Crippen molar-refractivity contribution >= 4 is 40.7 Å². The molecule has 170 valence electrons. The van der Waals surface area contributed by atoms with Crippen LogP contribution in [0.2, 0.25) is 15.2 Å². The van der Waals surface area contributed by atoms with Gasteiger partial charge in [-0.2, -0.15) is 0 Å². The molecule has 0 bridgehead atoms. The molecule has 1 aliphatic rings. The van der Waals surface area contributed by atoms with Crippen molar-refractivity contribution in [1.29, 1.82) is 0 Å². The molecular formula is C24H26Cl3N3O2. The summed E-state index contributed by atoms with van der Waals surface area (Å²) >= 11 is 18.7. The molecule has 0 aliphatic heterocycles. The maximum Gasteiger partial charge on any atom is 0.254 e. The van der Waals surface area contributed by atoms with Crippen LogP contribution in [-0.2, 0) is 4.74 Å². The molecule has 0 saturated carbocycles. The topological polar surface area (TPSA) is 45.7 Å². The van der Waals surface area contributed by atoms with Gasteiger partial charge >= 0.3 is 0 Å². The van der Waals surface area contributed by atoms with Crippen molar-refractivity contribution in [3.8, 4) is 11.1 Å². The Labute approximate surface area is 204 Å². The average molecular weight is 495 g/mol. The van der Waals surface area contributed by atoms with Gasteiger partial charge in [-0.3, -0.25) is 4.79 Å². The highest BCUT2D eigenvalue weighted by Gasteiger charge is 2.38. The molecule has 0 saturated heterocycles. The minimum atomic E-state index is -0.614. The third kappa shape index (κ3) is 5.29. The monoisotopic (exact) mass is 493 g/mol. The van der Waals surface area contributed by atoms with E-state index in [9.17, 15) is 4.79 Å². The molecule has 0 spiro atoms. The number of carbonyl (C=O) groups excluding carboxylic acids is 1. The van der Waals surface area contributed by atoms with Crippen molar-refractivity contribution in [3.63, 3.8) is 0 Å². The van der Waals surface area contributed by atoms with Gasteiger partial charge in [-0.1, -0.05) is 47.0 Å². The predicted molar refractivity (Wildman–Crippen MR) is 132 cm³/mol. The van der Waals surface area contributed by atoms with Crippen LogP contribution in [0.15, 0.2) is 54.4 Å². The second kappa shape index (κ2) is 10.3. The Bertz CT molecular complexity index is 1070. The van der Waals surface area contributed by atoms with E-state index in [1.54, 1.807) is 42.4 Å². The molecule has 1 aliphatic carbocycles. The van der Waals surface area contributed by atoms with Gasteiger partial charge < -0.3 is 14.5 Å². The zero-order valence-electron chi connectivity index (χ0n) is 18.5. The van der Waals surface area contributed by atoms with Crippen LogP contribution in [0.1, 0.15) is 23.7 Å². The summed E-state index contributed by atoms with van der Waals surface area (Å²) in [5.41, 5.74) is 1.10. The predicted octanol–water partition coefficient (Wildman–Crippen LogP) is 5.96. The van der Waals surface area contributed by atoms with Gasteiger partial charge in [0.2, 0.25) is 0 Å². The van der Waals surface area contributed by atoms with Gasteiger partial charge in [0.25, 0.3) is 5.91 Å². The van der Waals surface area contributed by atoms with Crippen LogP contribution in [0.4, 0.5) is 0 Å². The highest BCUT2D eigenvalue weighted by atomic mass is 35.5. The molecule has 2 aromatic rings. The number of hydrogen-bond donors (Lipinski definition) is 0. The summed E-state index contributed by atoms with van der Waals surface area (Å²) in [6.45, 7) is 3.33. The zero-order chi connectivity index (χ0) is 23.5. The van der Waals surface area contributed by atoms with Crippen molar-refractivity contribution in [3.05, 3.63) is 75.2 Å². The van der Waals surface area contributed by atoms with Crippen molar-refractivity contribution < 1.29 is 9.53 Å². The number of allylic oxidation sites excluding steroid dienone is 2. The number of likely N-dealkylation sites (N-methyl/N-ethyl adjacent to an activating group) is 2. The number of carbonyl (C=O) groups is 1. The molecule has 1 aromatic heterocycles. The number of ether oxygens (including phenoxy) is 1. The van der Waals surface area contributed by atoms with Gasteiger partial charge in [-0.05, 0) is 57.8 Å². The number of amides is 1. The Morgan fingerprint density at radius 3 is 2.56 bits per heavy atom. The number of aromatic nitrogens is 1. The second-order valence-corrected chi connectivity index (χ2v) is 9.34. The van der Waals surface area contributed by atoms with E-state index in [2.05, 4.69) is 9.88 Å². The summed E-state index contributed by atoms with van der Waals surface area (Å²) in [5, 5.41) is 1.16. The minimum absolute atomic E-state index is 0.152. The fourth-order valence-corrected chi connectivity index (χ4v) is 4.15. The fraction of sp³-hybridized carbons (Fsp3) is 0.333. The summed E-state index contributed by atoms with van der Waals surface area (Å²) in [4.78, 5) is 21.4. The molecule has 0 N–H and O–H groups in total. The number of nitrogens with zero attached hydrogens (tertiary/aromatic N) is 3. The molecule has 1 atom stereocenters. The van der Waals surface area contributed by atoms with Crippen molar-refractivity contribution in [2.24, 2.45) is 0 Å². The van der Waals surface area contributed by atoms with Crippen molar-refractivity contribution in [1.82, 2.24) is 14.8 Å². The van der Waals surface area contributed by atoms with Crippen LogP contribution in [0, 0.1) is 0 Å². The summed E-state index contributed by atoms with van der Waals surface area (Å²) in [7, 11) is 5.78. The maximum absolute atomic E-state index is 13.5. The lowest BCUT2D eigenvalue weighted by Gasteiger charge is -2.41. The van der Waals surface area contributed by atoms with Gasteiger partial charge in [0.05, 0.1) is 5.02 Å². The van der Waals surface area contributed by atoms with Gasteiger partial charge in [-0.25, -0.2) is 4.98 Å². The van der Waals surface area contributed by atoms with Gasteiger partial charge in [0.1, 0.15) is 23.1 Å². The Morgan fingerprint density at radius 1 is 1.12 bits per heavy atom. The van der Waals surface area contributed by atoms with E-state index in [1.807, 2.05) is 39.2 Å². The molecule has 5 nitrogen and oxygen atoms in total. The lowest BCUT2D eigenvalue weighted by Crippen LogP contribution is -2.50. The Kier molecular flexibility index (Phi) is 7.88. The van der Waals surface area contributed by atoms with Crippen LogP contribution in [-0.4, -0.2) is 60.5 Å². The minimum Gasteiger partial charge on any atom is -0.494 e. The molecule has 32 heavy (non-hydrogen) atoms. The summed E-state index contributed by atoms with van der Waals surface area (Å²) in [5.74, 6) is 0.609. The van der Waals surface area contributed by atoms with Gasteiger partial charge in [0.15, 0.2) is 0 Å². The van der Waals surface area contributed by atoms with Crippen LogP contribution in [0.5, 0.6) is 0 Å². The first-order valence-corrected chi connectivity index (χ1v) is 11.3. The van der Waals surface area contributed by atoms with Crippen LogP contribution < -0.4 is 0 Å². The van der Waals surface area contributed by atoms with E-state index in [0.29, 0.717) is 39.8 Å². The van der Waals surface area contributed by atoms with Crippen molar-refractivity contribution in [2.45, 2.75) is 18.9 Å². The van der Waals surface area contributed by atoms with E-state index >= 15 is 0 Å². The average Bonchev–Trinajstić information content (AvgIpc) is 2.74. The highest BCUT2D eigenvalue weighted by Crippen LogP contribution is 2.36. The number of rotatable bonds is 7. The smallest absolute Gasteiger partial charge is 0.254 e. The van der Waals surface area contributed by atoms with Crippen LogP contribution >= 0.6 is 34.8 Å². The van der Waals surface area contributed by atoms with Crippen molar-refractivity contribution in [2.75, 3.05) is 34.3 Å². The molecule has 1 amide bonds. The quantitative estimate of drug-likeness (QED) is 0.445. The zero-order valence-corrected chi connectivity index (χ0v) is 20.8. The molecule has 1 aromatic carbocycles. The molecule has 1 heterocycles. The Balaban J connectivity index is 1.89. The fourth-order valence-electron chi connectivity index (χ4n) is 3.47. The largest absolute Gasteiger partial charge is 0.494 e. The first-order valence-electron chi connectivity index (χ1n) is 10.2. The number of pyridine rings is 1. The van der Waals surface area contributed by atoms with Crippen LogP contribution in [0.3, 0.4) is 0 Å². The number of hydrogen-bond acceptors (Lipinski definition) is 4. The first-order chi connectivity index (χ1) is 15.1. The highest BCUT2D eigenvalue weighted by molar-refractivity contribution is 6.37. The third-order valence-corrected chi connectivity index (χ3v) is 6.44. The first kappa shape index (κ1) is 24.6. The normalized spacial score (nSPS) is 17.9. The lowest BCUT2D eigenvalue weighted by molar-refractivity contribution is 0.0470. The molecular weight excluding hydrogens is 469 g/mol. The van der Waals surface area contributed by atoms with E-state index in [-0.39, 0.29) is 11.1 Å². The van der Waals surface area contributed by atoms with Gasteiger partial charge in [-0.15, -0.1) is 0 Å². The Hall–Kier alpha value is -2.05. The molecule has 8 heteroatoms. The number of benzene rings is 1. The van der Waals surface area contributed by atoms with Crippen LogP contribution in [0.25, 0.3) is 11.1 Å². The van der Waals surface area contributed by atoms with E-state index in [4.69, 9.17) is 39.5 Å². The van der Waals surface area contributed by atoms with E-state index in [0.717, 1.165) is 12.3 Å². The third-order valence-electron chi connectivity index (χ3n) is 5.59.